The first-order chi connectivity index (χ1) is 28.9. The third kappa shape index (κ3) is 6.53. The third-order valence-electron chi connectivity index (χ3n) is 12.2. The Balaban J connectivity index is 1.00. The summed E-state index contributed by atoms with van der Waals surface area (Å²) >= 11 is 0. The fraction of sp³-hybridized carbons (Fsp3) is 0.0702. The van der Waals surface area contributed by atoms with Crippen LogP contribution in [-0.2, 0) is 12.0 Å². The largest absolute Gasteiger partial charge is 0.398 e. The van der Waals surface area contributed by atoms with Crippen LogP contribution in [0.2, 0.25) is 0 Å². The molecule has 0 unspecified atom stereocenters. The lowest BCUT2D eigenvalue weighted by atomic mass is 9.80. The highest BCUT2D eigenvalue weighted by atomic mass is 14.7. The average Bonchev–Trinajstić information content (AvgIpc) is 3.53. The maximum atomic E-state index is 7.12. The second-order valence-corrected chi connectivity index (χ2v) is 16.1. The van der Waals surface area contributed by atoms with Crippen LogP contribution in [0.15, 0.2) is 211 Å². The molecule has 0 aliphatic heterocycles. The molecule has 0 heterocycles. The summed E-state index contributed by atoms with van der Waals surface area (Å²) in [7, 11) is 0. The second kappa shape index (κ2) is 14.9. The molecule has 0 spiro atoms. The van der Waals surface area contributed by atoms with Crippen molar-refractivity contribution in [2.45, 2.75) is 25.8 Å². The van der Waals surface area contributed by atoms with Crippen molar-refractivity contribution in [2.75, 3.05) is 0 Å². The number of allylic oxidation sites excluding steroid dienone is 1. The zero-order chi connectivity index (χ0) is 39.9. The number of fused-ring (bicyclic) bond motifs is 6. The van der Waals surface area contributed by atoms with Gasteiger partial charge in [-0.2, -0.15) is 0 Å². The van der Waals surface area contributed by atoms with Crippen molar-refractivity contribution >= 4 is 33.0 Å². The lowest BCUT2D eigenvalue weighted by Crippen LogP contribution is -2.15. The molecule has 9 aromatic carbocycles. The number of rotatable bonds is 8. The molecule has 1 aliphatic rings. The summed E-state index contributed by atoms with van der Waals surface area (Å²) < 4.78 is 0. The van der Waals surface area contributed by atoms with Gasteiger partial charge in [-0.05, 0) is 94.9 Å². The molecule has 1 aliphatic carbocycles. The number of hydrogen-bond acceptors (Lipinski definition) is 2. The molecule has 282 valence electrons. The molecule has 9 aromatic rings. The van der Waals surface area contributed by atoms with Crippen molar-refractivity contribution in [3.05, 3.63) is 234 Å². The fourth-order valence-corrected chi connectivity index (χ4v) is 9.21. The monoisotopic (exact) mass is 756 g/mol. The van der Waals surface area contributed by atoms with Crippen LogP contribution in [0.5, 0.6) is 0 Å². The van der Waals surface area contributed by atoms with Crippen LogP contribution in [-0.4, -0.2) is 5.71 Å². The van der Waals surface area contributed by atoms with Crippen LogP contribution in [0.1, 0.15) is 41.7 Å². The van der Waals surface area contributed by atoms with Gasteiger partial charge in [-0.25, -0.2) is 0 Å². The third-order valence-corrected chi connectivity index (χ3v) is 12.2. The van der Waals surface area contributed by atoms with Crippen LogP contribution >= 0.6 is 0 Å². The quantitative estimate of drug-likeness (QED) is 0.154. The van der Waals surface area contributed by atoms with Gasteiger partial charge in [0, 0.05) is 22.2 Å². The van der Waals surface area contributed by atoms with E-state index in [0.717, 1.165) is 44.3 Å². The first-order valence-electron chi connectivity index (χ1n) is 20.4. The van der Waals surface area contributed by atoms with E-state index in [9.17, 15) is 0 Å². The van der Waals surface area contributed by atoms with E-state index in [1.807, 2.05) is 12.1 Å². The maximum Gasteiger partial charge on any atom is 0.0677 e. The van der Waals surface area contributed by atoms with Crippen molar-refractivity contribution in [3.8, 4) is 44.5 Å². The van der Waals surface area contributed by atoms with E-state index in [1.54, 1.807) is 0 Å². The molecule has 2 N–H and O–H groups in total. The van der Waals surface area contributed by atoms with Crippen LogP contribution in [0.4, 0.5) is 0 Å². The minimum Gasteiger partial charge on any atom is -0.398 e. The van der Waals surface area contributed by atoms with E-state index in [0.29, 0.717) is 12.2 Å². The standard InChI is InChI=1S/C57H44N2/c1-57(2)53-34-30-43(35-52(53)51-31-29-41-19-9-10-21-46(41)56(51)57)39-25-27-42(28-26-39)45-32-33-49(48-23-13-12-22-47(45)48)54(58)36-55(59-37-38-15-5-3-6-16-38)50-24-14-11-20-44(50)40-17-7-4-8-18-40/h3-36H,37,58H2,1-2H3/b54-36-,59-55?. The summed E-state index contributed by atoms with van der Waals surface area (Å²) in [5.41, 5.74) is 24.3. The molecule has 0 radical (unpaired) electrons. The van der Waals surface area contributed by atoms with Crippen molar-refractivity contribution in [1.82, 2.24) is 0 Å². The lowest BCUT2D eigenvalue weighted by molar-refractivity contribution is 0.666. The molecule has 10 rings (SSSR count). The molecule has 59 heavy (non-hydrogen) atoms. The molecule has 0 amide bonds. The SMILES string of the molecule is CC1(C)c2ccc(-c3ccc(-c4ccc(/C(N)=C/C(=NCc5ccccc5)c5ccccc5-c5ccccc5)c5ccccc45)cc3)cc2-c2ccc3ccccc3c21. The van der Waals surface area contributed by atoms with E-state index >= 15 is 0 Å². The van der Waals surface area contributed by atoms with Crippen molar-refractivity contribution in [3.63, 3.8) is 0 Å². The number of aliphatic imine (C=N–C) groups is 1. The van der Waals surface area contributed by atoms with Gasteiger partial charge in [0.2, 0.25) is 0 Å². The Kier molecular flexibility index (Phi) is 9.11. The zero-order valence-corrected chi connectivity index (χ0v) is 33.4. The minimum atomic E-state index is -0.0666. The van der Waals surface area contributed by atoms with Gasteiger partial charge in [0.1, 0.15) is 0 Å². The molecule has 0 saturated carbocycles. The Morgan fingerprint density at radius 3 is 1.88 bits per heavy atom. The summed E-state index contributed by atoms with van der Waals surface area (Å²) in [5, 5.41) is 4.90. The summed E-state index contributed by atoms with van der Waals surface area (Å²) in [5.74, 6) is 0. The maximum absolute atomic E-state index is 7.12. The van der Waals surface area contributed by atoms with E-state index in [4.69, 9.17) is 10.7 Å². The molecular weight excluding hydrogens is 713 g/mol. The van der Waals surface area contributed by atoms with Crippen LogP contribution in [0.25, 0.3) is 71.7 Å². The Morgan fingerprint density at radius 2 is 1.08 bits per heavy atom. The topological polar surface area (TPSA) is 38.4 Å². The summed E-state index contributed by atoms with van der Waals surface area (Å²) in [4.78, 5) is 5.20. The van der Waals surface area contributed by atoms with Gasteiger partial charge in [-0.3, -0.25) is 4.99 Å². The molecule has 0 aromatic heterocycles. The van der Waals surface area contributed by atoms with E-state index < -0.39 is 0 Å². The first kappa shape index (κ1) is 36.1. The predicted molar refractivity (Wildman–Crippen MR) is 251 cm³/mol. The Morgan fingerprint density at radius 1 is 0.475 bits per heavy atom. The van der Waals surface area contributed by atoms with Gasteiger partial charge in [-0.15, -0.1) is 0 Å². The first-order valence-corrected chi connectivity index (χ1v) is 20.4. The summed E-state index contributed by atoms with van der Waals surface area (Å²) in [6.07, 6.45) is 2.06. The normalized spacial score (nSPS) is 13.4. The minimum absolute atomic E-state index is 0.0666. The summed E-state index contributed by atoms with van der Waals surface area (Å²) in [6, 6.07) is 71.7. The van der Waals surface area contributed by atoms with Gasteiger partial charge >= 0.3 is 0 Å². The average molecular weight is 757 g/mol. The van der Waals surface area contributed by atoms with Crippen LogP contribution in [0, 0.1) is 0 Å². The fourth-order valence-electron chi connectivity index (χ4n) is 9.21. The van der Waals surface area contributed by atoms with Gasteiger partial charge in [-0.1, -0.05) is 208 Å². The van der Waals surface area contributed by atoms with E-state index in [1.165, 1.54) is 55.3 Å². The predicted octanol–water partition coefficient (Wildman–Crippen LogP) is 14.3. The molecule has 2 nitrogen and oxygen atoms in total. The van der Waals surface area contributed by atoms with Gasteiger partial charge in [0.15, 0.2) is 0 Å². The van der Waals surface area contributed by atoms with Crippen molar-refractivity contribution < 1.29 is 0 Å². The number of nitrogens with two attached hydrogens (primary N) is 1. The van der Waals surface area contributed by atoms with Gasteiger partial charge in [0.05, 0.1) is 12.3 Å². The van der Waals surface area contributed by atoms with Crippen molar-refractivity contribution in [1.29, 1.82) is 0 Å². The molecule has 0 atom stereocenters. The van der Waals surface area contributed by atoms with Crippen LogP contribution in [0.3, 0.4) is 0 Å². The molecule has 0 fully saturated rings. The Hall–Kier alpha value is -7.29. The smallest absolute Gasteiger partial charge is 0.0677 e. The van der Waals surface area contributed by atoms with E-state index in [-0.39, 0.29) is 5.41 Å². The number of nitrogens with zero attached hydrogens (tertiary/aromatic N) is 1. The molecular formula is C57H44N2. The van der Waals surface area contributed by atoms with Crippen molar-refractivity contribution in [2.24, 2.45) is 10.7 Å². The number of hydrogen-bond donors (Lipinski definition) is 1. The number of benzene rings is 9. The van der Waals surface area contributed by atoms with Crippen LogP contribution < -0.4 is 5.73 Å². The van der Waals surface area contributed by atoms with Gasteiger partial charge in [0.25, 0.3) is 0 Å². The highest BCUT2D eigenvalue weighted by molar-refractivity contribution is 6.16. The highest BCUT2D eigenvalue weighted by Gasteiger charge is 2.36. The molecule has 2 heteroatoms. The zero-order valence-electron chi connectivity index (χ0n) is 33.4. The molecule has 0 bridgehead atoms. The summed E-state index contributed by atoms with van der Waals surface area (Å²) in [6.45, 7) is 5.27. The van der Waals surface area contributed by atoms with E-state index in [2.05, 4.69) is 208 Å². The Bertz CT molecular complexity index is 3080. The Labute approximate surface area is 346 Å². The lowest BCUT2D eigenvalue weighted by Gasteiger charge is -2.23. The van der Waals surface area contributed by atoms with Gasteiger partial charge < -0.3 is 5.73 Å². The molecule has 0 saturated heterocycles. The highest BCUT2D eigenvalue weighted by Crippen LogP contribution is 2.52. The second-order valence-electron chi connectivity index (χ2n) is 16.1.